The highest BCUT2D eigenvalue weighted by molar-refractivity contribution is 5.62. The second kappa shape index (κ2) is 9.70. The monoisotopic (exact) mass is 486 g/mol. The van der Waals surface area contributed by atoms with E-state index >= 15 is 0 Å². The van der Waals surface area contributed by atoms with E-state index in [-0.39, 0.29) is 29.2 Å². The molecule has 0 saturated heterocycles. The summed E-state index contributed by atoms with van der Waals surface area (Å²) in [7, 11) is 1.57. The lowest BCUT2D eigenvalue weighted by atomic mass is 9.67. The third-order valence-corrected chi connectivity index (χ3v) is 6.68. The number of hydrogen-bond donors (Lipinski definition) is 0. The van der Waals surface area contributed by atoms with Crippen LogP contribution in [-0.2, 0) is 21.7 Å². The number of rotatable bonds is 7. The van der Waals surface area contributed by atoms with Crippen molar-refractivity contribution in [2.45, 2.75) is 78.1 Å². The van der Waals surface area contributed by atoms with E-state index < -0.39 is 23.3 Å². The van der Waals surface area contributed by atoms with Gasteiger partial charge in [-0.2, -0.15) is 10.1 Å². The first-order valence-electron chi connectivity index (χ1n) is 11.9. The SMILES string of the molecule is CC[C@@H](O[C@@]1(C)CC[C@H](C(C)(C)C)c2cc(-c3c(F)cccc3F)nnc21)c1nc(COC)no1. The van der Waals surface area contributed by atoms with E-state index in [1.165, 1.54) is 18.2 Å². The molecule has 1 aromatic carbocycles. The maximum Gasteiger partial charge on any atom is 0.255 e. The van der Waals surface area contributed by atoms with E-state index in [1.54, 1.807) is 13.2 Å². The molecular formula is C26H32F2N4O3. The molecule has 0 spiro atoms. The first kappa shape index (κ1) is 25.3. The minimum Gasteiger partial charge on any atom is -0.377 e. The Bertz CT molecular complexity index is 1170. The highest BCUT2D eigenvalue weighted by Crippen LogP contribution is 2.51. The molecule has 3 aromatic rings. The molecule has 0 aliphatic heterocycles. The molecular weight excluding hydrogens is 454 g/mol. The number of aromatic nitrogens is 4. The molecule has 35 heavy (non-hydrogen) atoms. The number of hydrogen-bond acceptors (Lipinski definition) is 7. The summed E-state index contributed by atoms with van der Waals surface area (Å²) in [6.45, 7) is 10.6. The van der Waals surface area contributed by atoms with Crippen LogP contribution in [0.25, 0.3) is 11.3 Å². The summed E-state index contributed by atoms with van der Waals surface area (Å²) in [4.78, 5) is 4.40. The van der Waals surface area contributed by atoms with Gasteiger partial charge in [0.05, 0.1) is 17.0 Å². The molecule has 4 rings (SSSR count). The third kappa shape index (κ3) is 4.97. The predicted octanol–water partition coefficient (Wildman–Crippen LogP) is 6.26. The van der Waals surface area contributed by atoms with Crippen LogP contribution in [0.5, 0.6) is 0 Å². The average molecular weight is 487 g/mol. The van der Waals surface area contributed by atoms with Gasteiger partial charge in [0.2, 0.25) is 0 Å². The zero-order valence-electron chi connectivity index (χ0n) is 21.1. The molecule has 188 valence electrons. The molecule has 3 atom stereocenters. The Morgan fingerprint density at radius 1 is 1.20 bits per heavy atom. The van der Waals surface area contributed by atoms with Gasteiger partial charge in [0, 0.05) is 7.11 Å². The first-order chi connectivity index (χ1) is 16.6. The smallest absolute Gasteiger partial charge is 0.255 e. The van der Waals surface area contributed by atoms with Gasteiger partial charge in [0.25, 0.3) is 5.89 Å². The average Bonchev–Trinajstić information content (AvgIpc) is 3.25. The summed E-state index contributed by atoms with van der Waals surface area (Å²) in [5.74, 6) is -0.414. The van der Waals surface area contributed by atoms with Crippen LogP contribution in [0.4, 0.5) is 8.78 Å². The van der Waals surface area contributed by atoms with Crippen LogP contribution in [0.3, 0.4) is 0 Å². The quantitative estimate of drug-likeness (QED) is 0.390. The molecule has 1 aliphatic rings. The molecule has 2 aromatic heterocycles. The van der Waals surface area contributed by atoms with Gasteiger partial charge in [-0.3, -0.25) is 0 Å². The van der Waals surface area contributed by atoms with Gasteiger partial charge in [-0.05, 0) is 61.3 Å². The third-order valence-electron chi connectivity index (χ3n) is 6.68. The second-order valence-corrected chi connectivity index (χ2v) is 10.3. The van der Waals surface area contributed by atoms with E-state index in [1.807, 2.05) is 13.8 Å². The van der Waals surface area contributed by atoms with Gasteiger partial charge in [0.15, 0.2) is 5.82 Å². The standard InChI is InChI=1S/C26H32F2N4O3/c1-7-20(24-29-21(14-33-6)32-35-24)34-26(5)12-11-16(25(2,3)4)15-13-19(30-31-23(15)26)22-17(27)9-8-10-18(22)28/h8-10,13,16,20H,7,11-12,14H2,1-6H3/t16-,20+,26-/m0/s1. The number of nitrogens with zero attached hydrogens (tertiary/aromatic N) is 4. The fraction of sp³-hybridized carbons (Fsp3) is 0.538. The van der Waals surface area contributed by atoms with Crippen molar-refractivity contribution in [2.75, 3.05) is 7.11 Å². The zero-order valence-corrected chi connectivity index (χ0v) is 21.1. The highest BCUT2D eigenvalue weighted by atomic mass is 19.1. The van der Waals surface area contributed by atoms with E-state index in [2.05, 4.69) is 41.1 Å². The van der Waals surface area contributed by atoms with Crippen LogP contribution >= 0.6 is 0 Å². The molecule has 2 heterocycles. The Labute approximate surface area is 204 Å². The molecule has 0 bridgehead atoms. The normalized spacial score (nSPS) is 21.1. The molecule has 0 N–H and O–H groups in total. The Morgan fingerprint density at radius 3 is 2.54 bits per heavy atom. The van der Waals surface area contributed by atoms with Crippen LogP contribution in [0.15, 0.2) is 28.8 Å². The number of ether oxygens (including phenoxy) is 2. The Morgan fingerprint density at radius 2 is 1.91 bits per heavy atom. The fourth-order valence-corrected chi connectivity index (χ4v) is 4.86. The Kier molecular flexibility index (Phi) is 7.02. The molecule has 0 amide bonds. The first-order valence-corrected chi connectivity index (χ1v) is 11.9. The van der Waals surface area contributed by atoms with Crippen LogP contribution < -0.4 is 0 Å². The minimum atomic E-state index is -0.799. The molecule has 1 aliphatic carbocycles. The molecule has 0 radical (unpaired) electrons. The maximum absolute atomic E-state index is 14.5. The van der Waals surface area contributed by atoms with Crippen molar-refractivity contribution in [2.24, 2.45) is 5.41 Å². The van der Waals surface area contributed by atoms with Crippen molar-refractivity contribution in [3.05, 3.63) is 58.9 Å². The molecule has 0 unspecified atom stereocenters. The predicted molar refractivity (Wildman–Crippen MR) is 125 cm³/mol. The number of halogens is 2. The minimum absolute atomic E-state index is 0.101. The largest absolute Gasteiger partial charge is 0.377 e. The zero-order chi connectivity index (χ0) is 25.4. The van der Waals surface area contributed by atoms with Crippen molar-refractivity contribution in [1.82, 2.24) is 20.3 Å². The molecule has 0 fully saturated rings. The fourth-order valence-electron chi connectivity index (χ4n) is 4.86. The summed E-state index contributed by atoms with van der Waals surface area (Å²) in [6.07, 6.45) is 1.66. The number of benzene rings is 1. The number of methoxy groups -OCH3 is 1. The van der Waals surface area contributed by atoms with E-state index in [0.29, 0.717) is 30.3 Å². The summed E-state index contributed by atoms with van der Waals surface area (Å²) in [5.41, 5.74) is 0.652. The van der Waals surface area contributed by atoms with Crippen LogP contribution in [-0.4, -0.2) is 27.4 Å². The van der Waals surface area contributed by atoms with Gasteiger partial charge in [-0.1, -0.05) is 38.9 Å². The van der Waals surface area contributed by atoms with Crippen molar-refractivity contribution in [3.8, 4) is 11.3 Å². The molecule has 9 heteroatoms. The molecule has 0 saturated carbocycles. The van der Waals surface area contributed by atoms with Gasteiger partial charge in [-0.25, -0.2) is 8.78 Å². The van der Waals surface area contributed by atoms with Gasteiger partial charge in [-0.15, -0.1) is 5.10 Å². The topological polar surface area (TPSA) is 83.2 Å². The van der Waals surface area contributed by atoms with Crippen LogP contribution in [0.1, 0.15) is 88.9 Å². The van der Waals surface area contributed by atoms with Gasteiger partial charge < -0.3 is 14.0 Å². The summed E-state index contributed by atoms with van der Waals surface area (Å²) in [6, 6.07) is 5.55. The van der Waals surface area contributed by atoms with Crippen LogP contribution in [0, 0.1) is 17.0 Å². The summed E-state index contributed by atoms with van der Waals surface area (Å²) < 4.78 is 46.2. The highest BCUT2D eigenvalue weighted by Gasteiger charge is 2.44. The summed E-state index contributed by atoms with van der Waals surface area (Å²) >= 11 is 0. The molecule has 7 nitrogen and oxygen atoms in total. The van der Waals surface area contributed by atoms with Crippen molar-refractivity contribution in [3.63, 3.8) is 0 Å². The van der Waals surface area contributed by atoms with E-state index in [4.69, 9.17) is 14.0 Å². The second-order valence-electron chi connectivity index (χ2n) is 10.3. The van der Waals surface area contributed by atoms with Crippen molar-refractivity contribution < 1.29 is 22.8 Å². The van der Waals surface area contributed by atoms with Crippen LogP contribution in [0.2, 0.25) is 0 Å². The van der Waals surface area contributed by atoms with E-state index in [0.717, 1.165) is 12.0 Å². The Hall–Kier alpha value is -2.78. The maximum atomic E-state index is 14.5. The lowest BCUT2D eigenvalue weighted by Gasteiger charge is -2.43. The van der Waals surface area contributed by atoms with Gasteiger partial charge >= 0.3 is 0 Å². The summed E-state index contributed by atoms with van der Waals surface area (Å²) in [5, 5.41) is 12.7. The number of fused-ring (bicyclic) bond motifs is 1. The Balaban J connectivity index is 1.76. The lowest BCUT2D eigenvalue weighted by Crippen LogP contribution is -2.38. The van der Waals surface area contributed by atoms with E-state index in [9.17, 15) is 8.78 Å². The van der Waals surface area contributed by atoms with Gasteiger partial charge in [0.1, 0.15) is 29.9 Å². The lowest BCUT2D eigenvalue weighted by molar-refractivity contribution is -0.118. The van der Waals surface area contributed by atoms with Crippen molar-refractivity contribution >= 4 is 0 Å². The van der Waals surface area contributed by atoms with Crippen molar-refractivity contribution in [1.29, 1.82) is 0 Å².